The number of aromatic nitrogens is 4. The van der Waals surface area contributed by atoms with Crippen molar-refractivity contribution in [2.75, 3.05) is 0 Å². The summed E-state index contributed by atoms with van der Waals surface area (Å²) in [5.41, 5.74) is 1.05. The number of halogens is 1. The lowest BCUT2D eigenvalue weighted by Crippen LogP contribution is -2.23. The van der Waals surface area contributed by atoms with Crippen LogP contribution in [-0.4, -0.2) is 19.7 Å². The first-order valence-corrected chi connectivity index (χ1v) is 11.9. The van der Waals surface area contributed by atoms with E-state index < -0.39 is 5.82 Å². The van der Waals surface area contributed by atoms with Crippen molar-refractivity contribution < 1.29 is 8.91 Å². The fourth-order valence-corrected chi connectivity index (χ4v) is 6.36. The number of hydrogen-bond acceptors (Lipinski definition) is 7. The van der Waals surface area contributed by atoms with Gasteiger partial charge in [-0.1, -0.05) is 36.0 Å². The monoisotopic (exact) mass is 456 g/mol. The molecule has 0 fully saturated rings. The third kappa shape index (κ3) is 3.59. The van der Waals surface area contributed by atoms with Crippen LogP contribution in [0.1, 0.15) is 47.7 Å². The van der Waals surface area contributed by atoms with Gasteiger partial charge in [0.05, 0.1) is 16.3 Å². The van der Waals surface area contributed by atoms with E-state index in [2.05, 4.69) is 17.1 Å². The lowest BCUT2D eigenvalue weighted by molar-refractivity contribution is 0.376. The van der Waals surface area contributed by atoms with E-state index in [9.17, 15) is 9.18 Å². The molecule has 0 spiro atoms. The average Bonchev–Trinajstić information content (AvgIpc) is 3.32. The van der Waals surface area contributed by atoms with Gasteiger partial charge in [-0.25, -0.2) is 9.37 Å². The summed E-state index contributed by atoms with van der Waals surface area (Å²) in [6.45, 7) is 5.88. The van der Waals surface area contributed by atoms with Crippen molar-refractivity contribution in [1.82, 2.24) is 19.7 Å². The smallest absolute Gasteiger partial charge is 0.267 e. The van der Waals surface area contributed by atoms with Crippen LogP contribution in [0.3, 0.4) is 0 Å². The van der Waals surface area contributed by atoms with Gasteiger partial charge in [-0.15, -0.1) is 11.3 Å². The van der Waals surface area contributed by atoms with Gasteiger partial charge < -0.3 is 4.52 Å². The normalized spacial score (nSPS) is 17.1. The minimum atomic E-state index is -0.466. The number of rotatable bonds is 4. The summed E-state index contributed by atoms with van der Waals surface area (Å²) < 4.78 is 21.5. The molecule has 1 aromatic carbocycles. The predicted molar refractivity (Wildman–Crippen MR) is 120 cm³/mol. The number of thioether (sulfide) groups is 1. The van der Waals surface area contributed by atoms with Crippen molar-refractivity contribution in [1.29, 1.82) is 0 Å². The molecule has 0 radical (unpaired) electrons. The highest BCUT2D eigenvalue weighted by Gasteiger charge is 2.27. The molecule has 160 valence electrons. The zero-order valence-corrected chi connectivity index (χ0v) is 19.0. The number of aryl methyl sites for hydroxylation is 2. The third-order valence-corrected chi connectivity index (χ3v) is 7.75. The largest absolute Gasteiger partial charge is 0.338 e. The van der Waals surface area contributed by atoms with Crippen LogP contribution < -0.4 is 5.56 Å². The van der Waals surface area contributed by atoms with Gasteiger partial charge in [0.1, 0.15) is 10.6 Å². The quantitative estimate of drug-likeness (QED) is 0.308. The topological polar surface area (TPSA) is 73.8 Å². The summed E-state index contributed by atoms with van der Waals surface area (Å²) in [7, 11) is 0. The molecule has 3 heterocycles. The molecule has 31 heavy (non-hydrogen) atoms. The molecule has 2 atom stereocenters. The van der Waals surface area contributed by atoms with Gasteiger partial charge in [0.15, 0.2) is 11.0 Å². The maximum Gasteiger partial charge on any atom is 0.267 e. The molecule has 2 unspecified atom stereocenters. The molecule has 0 N–H and O–H groups in total. The minimum Gasteiger partial charge on any atom is -0.338 e. The second-order valence-electron chi connectivity index (χ2n) is 7.96. The number of thiophene rings is 1. The Balaban J connectivity index is 1.72. The van der Waals surface area contributed by atoms with Gasteiger partial charge in [0, 0.05) is 4.88 Å². The molecule has 0 saturated heterocycles. The number of nitrogens with zero attached hydrogens (tertiary/aromatic N) is 4. The van der Waals surface area contributed by atoms with Crippen LogP contribution in [0.4, 0.5) is 4.39 Å². The predicted octanol–water partition coefficient (Wildman–Crippen LogP) is 5.26. The van der Waals surface area contributed by atoms with E-state index in [0.29, 0.717) is 33.0 Å². The fourth-order valence-electron chi connectivity index (χ4n) is 3.98. The summed E-state index contributed by atoms with van der Waals surface area (Å²) in [6.07, 6.45) is 2.85. The zero-order valence-electron chi connectivity index (χ0n) is 17.4. The number of para-hydroxylation sites is 1. The molecule has 9 heteroatoms. The van der Waals surface area contributed by atoms with Crippen LogP contribution in [-0.2, 0) is 12.8 Å². The SMILES string of the molecule is Cc1noc(C(C)Sc2nc3sc4c(c3c(=O)n2-c2ccccc2F)CCC(C)C4)n1. The molecular formula is C22H21FN4O2S2. The molecule has 4 aromatic rings. The van der Waals surface area contributed by atoms with Crippen molar-refractivity contribution in [3.8, 4) is 5.69 Å². The highest BCUT2D eigenvalue weighted by Crippen LogP contribution is 2.39. The summed E-state index contributed by atoms with van der Waals surface area (Å²) in [5, 5.41) is 4.63. The molecule has 1 aliphatic carbocycles. The Hall–Kier alpha value is -2.52. The summed E-state index contributed by atoms with van der Waals surface area (Å²) in [6, 6.07) is 6.30. The van der Waals surface area contributed by atoms with Gasteiger partial charge in [0.25, 0.3) is 5.56 Å². The van der Waals surface area contributed by atoms with E-state index in [4.69, 9.17) is 9.51 Å². The second kappa shape index (κ2) is 7.87. The Bertz CT molecular complexity index is 1340. The Kier molecular flexibility index (Phi) is 5.18. The van der Waals surface area contributed by atoms with E-state index in [-0.39, 0.29) is 16.5 Å². The van der Waals surface area contributed by atoms with E-state index in [1.165, 1.54) is 27.3 Å². The van der Waals surface area contributed by atoms with Crippen LogP contribution in [0.15, 0.2) is 38.7 Å². The van der Waals surface area contributed by atoms with Gasteiger partial charge >= 0.3 is 0 Å². The molecular weight excluding hydrogens is 435 g/mol. The van der Waals surface area contributed by atoms with Crippen molar-refractivity contribution in [3.05, 3.63) is 62.6 Å². The zero-order chi connectivity index (χ0) is 21.7. The van der Waals surface area contributed by atoms with E-state index in [0.717, 1.165) is 24.8 Å². The van der Waals surface area contributed by atoms with Crippen molar-refractivity contribution in [2.24, 2.45) is 5.92 Å². The van der Waals surface area contributed by atoms with E-state index in [1.54, 1.807) is 36.5 Å². The van der Waals surface area contributed by atoms with Crippen molar-refractivity contribution in [3.63, 3.8) is 0 Å². The van der Waals surface area contributed by atoms with Crippen LogP contribution in [0.2, 0.25) is 0 Å². The fraction of sp³-hybridized carbons (Fsp3) is 0.364. The van der Waals surface area contributed by atoms with Crippen LogP contribution in [0, 0.1) is 18.7 Å². The van der Waals surface area contributed by atoms with Crippen molar-refractivity contribution >= 4 is 33.3 Å². The van der Waals surface area contributed by atoms with Crippen LogP contribution in [0.25, 0.3) is 15.9 Å². The minimum absolute atomic E-state index is 0.197. The molecule has 1 aliphatic rings. The Morgan fingerprint density at radius 1 is 1.32 bits per heavy atom. The molecule has 3 aromatic heterocycles. The first kappa shape index (κ1) is 20.4. The highest BCUT2D eigenvalue weighted by atomic mass is 32.2. The Morgan fingerprint density at radius 2 is 2.13 bits per heavy atom. The average molecular weight is 457 g/mol. The number of fused-ring (bicyclic) bond motifs is 3. The first-order valence-electron chi connectivity index (χ1n) is 10.2. The Morgan fingerprint density at radius 3 is 2.87 bits per heavy atom. The van der Waals surface area contributed by atoms with E-state index >= 15 is 0 Å². The lowest BCUT2D eigenvalue weighted by atomic mass is 9.89. The van der Waals surface area contributed by atoms with Gasteiger partial charge in [-0.2, -0.15) is 4.98 Å². The van der Waals surface area contributed by atoms with Crippen molar-refractivity contribution in [2.45, 2.75) is 50.4 Å². The number of hydrogen-bond donors (Lipinski definition) is 0. The number of benzene rings is 1. The molecule has 0 saturated carbocycles. The Labute approximate surface area is 186 Å². The molecule has 0 aliphatic heterocycles. The summed E-state index contributed by atoms with van der Waals surface area (Å²) >= 11 is 2.90. The standard InChI is InChI=1S/C22H21FN4O2S2/c1-11-8-9-14-17(10-11)31-20-18(14)21(28)27(16-7-5-4-6-15(16)23)22(25-20)30-12(2)19-24-13(3)26-29-19/h4-7,11-12H,8-10H2,1-3H3. The van der Waals surface area contributed by atoms with Gasteiger partial charge in [-0.3, -0.25) is 9.36 Å². The maximum absolute atomic E-state index is 14.8. The third-order valence-electron chi connectivity index (χ3n) is 5.57. The van der Waals surface area contributed by atoms with Crippen LogP contribution >= 0.6 is 23.1 Å². The first-order chi connectivity index (χ1) is 14.9. The maximum atomic E-state index is 14.8. The summed E-state index contributed by atoms with van der Waals surface area (Å²) in [4.78, 5) is 24.8. The van der Waals surface area contributed by atoms with Crippen LogP contribution in [0.5, 0.6) is 0 Å². The molecule has 0 bridgehead atoms. The van der Waals surface area contributed by atoms with Gasteiger partial charge in [0.2, 0.25) is 5.89 Å². The molecule has 6 nitrogen and oxygen atoms in total. The molecule has 5 rings (SSSR count). The lowest BCUT2D eigenvalue weighted by Gasteiger charge is -2.18. The highest BCUT2D eigenvalue weighted by molar-refractivity contribution is 7.99. The molecule has 0 amide bonds. The van der Waals surface area contributed by atoms with E-state index in [1.807, 2.05) is 6.92 Å². The summed E-state index contributed by atoms with van der Waals surface area (Å²) in [5.74, 6) is 1.10. The second-order valence-corrected chi connectivity index (χ2v) is 10.3. The van der Waals surface area contributed by atoms with Gasteiger partial charge in [-0.05, 0) is 56.7 Å².